The second kappa shape index (κ2) is 8.69. The van der Waals surface area contributed by atoms with Crippen LogP contribution >= 0.6 is 23.2 Å². The molecule has 0 aliphatic rings. The van der Waals surface area contributed by atoms with Gasteiger partial charge in [0, 0.05) is 17.3 Å². The molecule has 0 fully saturated rings. The Balaban J connectivity index is 2.18. The number of alkyl halides is 3. The van der Waals surface area contributed by atoms with Gasteiger partial charge in [-0.1, -0.05) is 30.1 Å². The van der Waals surface area contributed by atoms with Crippen LogP contribution in [-0.2, 0) is 21.0 Å². The number of nitrogens with zero attached hydrogens (tertiary/aromatic N) is 1. The number of carbonyl (C=O) groups excluding carboxylic acids is 1. The van der Waals surface area contributed by atoms with E-state index in [1.54, 1.807) is 0 Å². The van der Waals surface area contributed by atoms with E-state index < -0.39 is 39.2 Å². The van der Waals surface area contributed by atoms with Crippen LogP contribution in [0.1, 0.15) is 12.5 Å². The lowest BCUT2D eigenvalue weighted by Gasteiger charge is -2.20. The summed E-state index contributed by atoms with van der Waals surface area (Å²) in [7, 11) is -3.98. The number of benzene rings is 2. The third kappa shape index (κ3) is 5.38. The normalized spacial score (nSPS) is 12.2. The molecule has 152 valence electrons. The second-order valence-electron chi connectivity index (χ2n) is 5.63. The summed E-state index contributed by atoms with van der Waals surface area (Å²) in [5, 5.41) is 2.10. The summed E-state index contributed by atoms with van der Waals surface area (Å²) in [5.74, 6) is -0.796. The Labute approximate surface area is 170 Å². The SMILES string of the molecule is CCN(CC(=O)Nc1ccc(Cl)c(C(F)(F)F)c1)S(=O)(=O)c1ccc(Cl)cc1. The molecule has 2 aromatic rings. The summed E-state index contributed by atoms with van der Waals surface area (Å²) in [6.45, 7) is 0.934. The van der Waals surface area contributed by atoms with E-state index in [-0.39, 0.29) is 17.1 Å². The molecule has 2 aromatic carbocycles. The van der Waals surface area contributed by atoms with Crippen LogP contribution < -0.4 is 5.32 Å². The third-order valence-electron chi connectivity index (χ3n) is 3.68. The Bertz CT molecular complexity index is 965. The monoisotopic (exact) mass is 454 g/mol. The molecular weight excluding hydrogens is 440 g/mol. The molecular formula is C17H15Cl2F3N2O3S. The first-order valence-corrected chi connectivity index (χ1v) is 10.1. The quantitative estimate of drug-likeness (QED) is 0.689. The van der Waals surface area contributed by atoms with Crippen LogP contribution in [-0.4, -0.2) is 31.7 Å². The molecule has 28 heavy (non-hydrogen) atoms. The fourth-order valence-electron chi connectivity index (χ4n) is 2.30. The Kier molecular flexibility index (Phi) is 6.97. The first-order valence-electron chi connectivity index (χ1n) is 7.87. The predicted molar refractivity (Wildman–Crippen MR) is 101 cm³/mol. The number of halogens is 5. The van der Waals surface area contributed by atoms with E-state index in [2.05, 4.69) is 5.32 Å². The number of hydrogen-bond donors (Lipinski definition) is 1. The van der Waals surface area contributed by atoms with Crippen molar-refractivity contribution in [3.8, 4) is 0 Å². The maximum absolute atomic E-state index is 12.9. The number of nitrogens with one attached hydrogen (secondary N) is 1. The molecule has 0 aliphatic heterocycles. The number of rotatable bonds is 6. The molecule has 0 saturated carbocycles. The van der Waals surface area contributed by atoms with E-state index in [4.69, 9.17) is 23.2 Å². The minimum Gasteiger partial charge on any atom is -0.325 e. The zero-order chi connectivity index (χ0) is 21.1. The molecule has 0 atom stereocenters. The molecule has 11 heteroatoms. The van der Waals surface area contributed by atoms with E-state index in [0.717, 1.165) is 10.4 Å². The first kappa shape index (κ1) is 22.5. The number of likely N-dealkylation sites (N-methyl/N-ethyl adjacent to an activating group) is 1. The van der Waals surface area contributed by atoms with Crippen LogP contribution in [0.15, 0.2) is 47.4 Å². The summed E-state index contributed by atoms with van der Waals surface area (Å²) in [6.07, 6.45) is -4.69. The van der Waals surface area contributed by atoms with Gasteiger partial charge in [0.15, 0.2) is 0 Å². The van der Waals surface area contributed by atoms with Crippen molar-refractivity contribution in [2.75, 3.05) is 18.4 Å². The molecule has 1 N–H and O–H groups in total. The maximum Gasteiger partial charge on any atom is 0.417 e. The fourth-order valence-corrected chi connectivity index (χ4v) is 4.06. The predicted octanol–water partition coefficient (Wildman–Crippen LogP) is 4.66. The maximum atomic E-state index is 12.9. The summed E-state index contributed by atoms with van der Waals surface area (Å²) < 4.78 is 64.9. The standard InChI is InChI=1S/C17H15Cl2F3N2O3S/c1-2-24(28(26,27)13-6-3-11(18)4-7-13)10-16(25)23-12-5-8-15(19)14(9-12)17(20,21)22/h3-9H,2,10H2,1H3,(H,23,25). The second-order valence-corrected chi connectivity index (χ2v) is 8.41. The van der Waals surface area contributed by atoms with Crippen LogP contribution in [0.2, 0.25) is 10.0 Å². The van der Waals surface area contributed by atoms with Crippen LogP contribution in [0.5, 0.6) is 0 Å². The van der Waals surface area contributed by atoms with Gasteiger partial charge in [0.2, 0.25) is 15.9 Å². The average molecular weight is 455 g/mol. The van der Waals surface area contributed by atoms with Crippen molar-refractivity contribution >= 4 is 44.8 Å². The van der Waals surface area contributed by atoms with Gasteiger partial charge in [0.25, 0.3) is 0 Å². The molecule has 0 aromatic heterocycles. The molecule has 1 amide bonds. The highest BCUT2D eigenvalue weighted by molar-refractivity contribution is 7.89. The molecule has 2 rings (SSSR count). The summed E-state index contributed by atoms with van der Waals surface area (Å²) >= 11 is 11.3. The fraction of sp³-hybridized carbons (Fsp3) is 0.235. The summed E-state index contributed by atoms with van der Waals surface area (Å²) in [6, 6.07) is 8.27. The Morgan fingerprint density at radius 3 is 2.25 bits per heavy atom. The van der Waals surface area contributed by atoms with E-state index in [9.17, 15) is 26.4 Å². The van der Waals surface area contributed by atoms with Gasteiger partial charge in [-0.25, -0.2) is 8.42 Å². The largest absolute Gasteiger partial charge is 0.417 e. The van der Waals surface area contributed by atoms with Gasteiger partial charge in [-0.05, 0) is 42.5 Å². The minimum atomic E-state index is -4.69. The van der Waals surface area contributed by atoms with Gasteiger partial charge >= 0.3 is 6.18 Å². The van der Waals surface area contributed by atoms with Crippen molar-refractivity contribution in [2.24, 2.45) is 0 Å². The lowest BCUT2D eigenvalue weighted by molar-refractivity contribution is -0.137. The highest BCUT2D eigenvalue weighted by atomic mass is 35.5. The molecule has 0 saturated heterocycles. The molecule has 0 bridgehead atoms. The number of carbonyl (C=O) groups is 1. The molecule has 0 unspecified atom stereocenters. The number of sulfonamides is 1. The number of amides is 1. The van der Waals surface area contributed by atoms with Crippen LogP contribution in [0, 0.1) is 0 Å². The lowest BCUT2D eigenvalue weighted by Crippen LogP contribution is -2.37. The van der Waals surface area contributed by atoms with Crippen molar-refractivity contribution in [1.82, 2.24) is 4.31 Å². The van der Waals surface area contributed by atoms with Gasteiger partial charge in [-0.3, -0.25) is 4.79 Å². The first-order chi connectivity index (χ1) is 12.9. The summed E-state index contributed by atoms with van der Waals surface area (Å²) in [4.78, 5) is 12.1. The van der Waals surface area contributed by atoms with E-state index in [1.807, 2.05) is 0 Å². The van der Waals surface area contributed by atoms with Crippen molar-refractivity contribution in [3.63, 3.8) is 0 Å². The summed E-state index contributed by atoms with van der Waals surface area (Å²) in [5.41, 5.74) is -1.25. The van der Waals surface area contributed by atoms with Crippen LogP contribution in [0.4, 0.5) is 18.9 Å². The topological polar surface area (TPSA) is 66.5 Å². The minimum absolute atomic E-state index is 0.0210. The van der Waals surface area contributed by atoms with Gasteiger partial charge < -0.3 is 5.32 Å². The van der Waals surface area contributed by atoms with Crippen LogP contribution in [0.3, 0.4) is 0 Å². The van der Waals surface area contributed by atoms with Gasteiger partial charge in [0.1, 0.15) is 0 Å². The number of hydrogen-bond acceptors (Lipinski definition) is 3. The van der Waals surface area contributed by atoms with Crippen LogP contribution in [0.25, 0.3) is 0 Å². The van der Waals surface area contributed by atoms with Crippen molar-refractivity contribution < 1.29 is 26.4 Å². The van der Waals surface area contributed by atoms with E-state index >= 15 is 0 Å². The third-order valence-corrected chi connectivity index (χ3v) is 6.20. The zero-order valence-corrected chi connectivity index (χ0v) is 16.8. The lowest BCUT2D eigenvalue weighted by atomic mass is 10.2. The average Bonchev–Trinajstić information content (AvgIpc) is 2.60. The zero-order valence-electron chi connectivity index (χ0n) is 14.4. The molecule has 0 radical (unpaired) electrons. The van der Waals surface area contributed by atoms with Gasteiger partial charge in [-0.2, -0.15) is 17.5 Å². The smallest absolute Gasteiger partial charge is 0.325 e. The highest BCUT2D eigenvalue weighted by Gasteiger charge is 2.33. The van der Waals surface area contributed by atoms with Gasteiger partial charge in [0.05, 0.1) is 22.0 Å². The Morgan fingerprint density at radius 1 is 1.11 bits per heavy atom. The van der Waals surface area contributed by atoms with Crippen molar-refractivity contribution in [1.29, 1.82) is 0 Å². The highest BCUT2D eigenvalue weighted by Crippen LogP contribution is 2.36. The van der Waals surface area contributed by atoms with E-state index in [1.165, 1.54) is 37.3 Å². The Morgan fingerprint density at radius 2 is 1.71 bits per heavy atom. The molecule has 0 heterocycles. The van der Waals surface area contributed by atoms with Crippen molar-refractivity contribution in [2.45, 2.75) is 18.0 Å². The molecule has 0 spiro atoms. The van der Waals surface area contributed by atoms with Gasteiger partial charge in [-0.15, -0.1) is 0 Å². The molecule has 0 aliphatic carbocycles. The Hall–Kier alpha value is -1.81. The number of anilines is 1. The molecule has 5 nitrogen and oxygen atoms in total. The van der Waals surface area contributed by atoms with Crippen molar-refractivity contribution in [3.05, 3.63) is 58.1 Å². The van der Waals surface area contributed by atoms with E-state index in [0.29, 0.717) is 11.1 Å².